The van der Waals surface area contributed by atoms with Crippen molar-refractivity contribution in [2.45, 2.75) is 20.8 Å². The van der Waals surface area contributed by atoms with E-state index >= 15 is 0 Å². The second kappa shape index (κ2) is 7.45. The smallest absolute Gasteiger partial charge is 0.116 e. The van der Waals surface area contributed by atoms with Crippen LogP contribution >= 0.6 is 0 Å². The fraction of sp³-hybridized carbons (Fsp3) is 0.103. The summed E-state index contributed by atoms with van der Waals surface area (Å²) in [5.74, 6) is 0. The Bertz CT molecular complexity index is 1700. The van der Waals surface area contributed by atoms with Gasteiger partial charge in [-0.25, -0.2) is 15.0 Å². The van der Waals surface area contributed by atoms with Gasteiger partial charge in [-0.2, -0.15) is 0 Å². The van der Waals surface area contributed by atoms with Gasteiger partial charge in [0.1, 0.15) is 6.33 Å². The van der Waals surface area contributed by atoms with E-state index in [9.17, 15) is 0 Å². The number of para-hydroxylation sites is 1. The zero-order valence-electron chi connectivity index (χ0n) is 18.8. The molecule has 0 fully saturated rings. The van der Waals surface area contributed by atoms with Crippen molar-refractivity contribution >= 4 is 32.7 Å². The van der Waals surface area contributed by atoms with Crippen LogP contribution in [-0.2, 0) is 0 Å². The Balaban J connectivity index is 1.50. The quantitative estimate of drug-likeness (QED) is 0.299. The van der Waals surface area contributed by atoms with Crippen LogP contribution in [0.25, 0.3) is 55.1 Å². The summed E-state index contributed by atoms with van der Waals surface area (Å²) in [6.45, 7) is 6.26. The number of pyridine rings is 2. The van der Waals surface area contributed by atoms with Gasteiger partial charge in [-0.15, -0.1) is 0 Å². The minimum Gasteiger partial charge on any atom is -0.255 e. The maximum Gasteiger partial charge on any atom is 0.116 e. The molecule has 3 heterocycles. The van der Waals surface area contributed by atoms with E-state index in [1.54, 1.807) is 6.33 Å². The summed E-state index contributed by atoms with van der Waals surface area (Å²) in [7, 11) is 0. The molecule has 0 N–H and O–H groups in total. The first-order valence-electron chi connectivity index (χ1n) is 11.1. The summed E-state index contributed by atoms with van der Waals surface area (Å²) >= 11 is 0. The predicted octanol–water partition coefficient (Wildman–Crippen LogP) is 6.99. The molecule has 6 rings (SSSR count). The zero-order valence-corrected chi connectivity index (χ0v) is 18.8. The van der Waals surface area contributed by atoms with Gasteiger partial charge >= 0.3 is 0 Å². The standard InChI is InChI=1S/C29H22N4/c1-17-11-27(33-26-7-5-4-6-24(17)26)23-13-22-12-21(10-18(2)29(22)30-15-23)20-8-9-25-19(3)31-16-32-28(25)14-20/h4-16H,1-3H3. The Labute approximate surface area is 192 Å². The monoisotopic (exact) mass is 426 g/mol. The number of hydrogen-bond donors (Lipinski definition) is 0. The molecule has 4 heteroatoms. The molecule has 0 aliphatic heterocycles. The molecule has 0 saturated carbocycles. The van der Waals surface area contributed by atoms with Crippen LogP contribution in [0.1, 0.15) is 16.8 Å². The zero-order chi connectivity index (χ0) is 22.5. The van der Waals surface area contributed by atoms with Crippen LogP contribution < -0.4 is 0 Å². The summed E-state index contributed by atoms with van der Waals surface area (Å²) in [5, 5.41) is 3.37. The molecule has 4 nitrogen and oxygen atoms in total. The molecule has 3 aromatic carbocycles. The minimum atomic E-state index is 0.946. The molecular formula is C29H22N4. The number of fused-ring (bicyclic) bond motifs is 3. The van der Waals surface area contributed by atoms with E-state index < -0.39 is 0 Å². The van der Waals surface area contributed by atoms with E-state index in [1.807, 2.05) is 19.2 Å². The lowest BCUT2D eigenvalue weighted by Gasteiger charge is -2.11. The molecule has 0 atom stereocenters. The molecule has 6 aromatic rings. The van der Waals surface area contributed by atoms with Crippen LogP contribution in [-0.4, -0.2) is 19.9 Å². The fourth-order valence-electron chi connectivity index (χ4n) is 4.61. The molecule has 33 heavy (non-hydrogen) atoms. The molecule has 0 bridgehead atoms. The minimum absolute atomic E-state index is 0.946. The van der Waals surface area contributed by atoms with Gasteiger partial charge in [0.15, 0.2) is 0 Å². The van der Waals surface area contributed by atoms with E-state index in [0.29, 0.717) is 0 Å². The highest BCUT2D eigenvalue weighted by Gasteiger charge is 2.10. The summed E-state index contributed by atoms with van der Waals surface area (Å²) in [5.41, 5.74) is 10.6. The van der Waals surface area contributed by atoms with Crippen molar-refractivity contribution in [2.75, 3.05) is 0 Å². The Morgan fingerprint density at radius 1 is 0.606 bits per heavy atom. The molecule has 158 valence electrons. The summed E-state index contributed by atoms with van der Waals surface area (Å²) in [6.07, 6.45) is 3.56. The van der Waals surface area contributed by atoms with Crippen LogP contribution in [0.15, 0.2) is 79.3 Å². The van der Waals surface area contributed by atoms with Crippen LogP contribution in [0.5, 0.6) is 0 Å². The van der Waals surface area contributed by atoms with Crippen molar-refractivity contribution < 1.29 is 0 Å². The SMILES string of the molecule is Cc1cc(-c2cnc3c(C)cc(-c4ccc5c(C)ncnc5c4)cc3c2)nc2ccccc12. The summed E-state index contributed by atoms with van der Waals surface area (Å²) < 4.78 is 0. The molecule has 0 spiro atoms. The molecule has 0 aliphatic carbocycles. The molecule has 0 amide bonds. The first-order valence-corrected chi connectivity index (χ1v) is 11.1. The molecule has 0 radical (unpaired) electrons. The Morgan fingerprint density at radius 3 is 2.36 bits per heavy atom. The average molecular weight is 427 g/mol. The van der Waals surface area contributed by atoms with E-state index in [0.717, 1.165) is 61.0 Å². The second-order valence-corrected chi connectivity index (χ2v) is 8.62. The average Bonchev–Trinajstić information content (AvgIpc) is 2.83. The molecule has 0 aliphatic rings. The van der Waals surface area contributed by atoms with Gasteiger partial charge in [-0.05, 0) is 79.4 Å². The van der Waals surface area contributed by atoms with Crippen LogP contribution in [0.3, 0.4) is 0 Å². The van der Waals surface area contributed by atoms with Gasteiger partial charge < -0.3 is 0 Å². The summed E-state index contributed by atoms with van der Waals surface area (Å²) in [6, 6.07) is 23.4. The van der Waals surface area contributed by atoms with E-state index in [1.165, 1.54) is 10.9 Å². The molecule has 3 aromatic heterocycles. The van der Waals surface area contributed by atoms with Gasteiger partial charge in [0.05, 0.1) is 22.2 Å². The number of rotatable bonds is 2. The lowest BCUT2D eigenvalue weighted by Crippen LogP contribution is -1.92. The molecule has 0 saturated heterocycles. The first kappa shape index (κ1) is 19.5. The van der Waals surface area contributed by atoms with Gasteiger partial charge in [0.2, 0.25) is 0 Å². The third-order valence-electron chi connectivity index (χ3n) is 6.36. The topological polar surface area (TPSA) is 51.6 Å². The van der Waals surface area contributed by atoms with Gasteiger partial charge in [0.25, 0.3) is 0 Å². The highest BCUT2D eigenvalue weighted by atomic mass is 14.8. The van der Waals surface area contributed by atoms with Crippen molar-refractivity contribution in [3.63, 3.8) is 0 Å². The Hall–Kier alpha value is -4.18. The summed E-state index contributed by atoms with van der Waals surface area (Å²) in [4.78, 5) is 18.5. The number of nitrogens with zero attached hydrogens (tertiary/aromatic N) is 4. The number of aromatic nitrogens is 4. The number of aryl methyl sites for hydroxylation is 3. The second-order valence-electron chi connectivity index (χ2n) is 8.62. The molecular weight excluding hydrogens is 404 g/mol. The third kappa shape index (κ3) is 3.31. The number of benzene rings is 3. The maximum absolute atomic E-state index is 4.90. The highest BCUT2D eigenvalue weighted by Crippen LogP contribution is 2.31. The Morgan fingerprint density at radius 2 is 1.45 bits per heavy atom. The Kier molecular flexibility index (Phi) is 4.40. The van der Waals surface area contributed by atoms with Gasteiger partial charge in [-0.1, -0.05) is 30.3 Å². The van der Waals surface area contributed by atoms with E-state index in [-0.39, 0.29) is 0 Å². The largest absolute Gasteiger partial charge is 0.255 e. The van der Waals surface area contributed by atoms with E-state index in [2.05, 4.69) is 84.5 Å². The normalized spacial score (nSPS) is 11.5. The van der Waals surface area contributed by atoms with Gasteiger partial charge in [0, 0.05) is 33.6 Å². The lowest BCUT2D eigenvalue weighted by molar-refractivity contribution is 1.15. The first-order chi connectivity index (χ1) is 16.1. The van der Waals surface area contributed by atoms with Gasteiger partial charge in [-0.3, -0.25) is 4.98 Å². The highest BCUT2D eigenvalue weighted by molar-refractivity contribution is 5.93. The van der Waals surface area contributed by atoms with Crippen molar-refractivity contribution in [3.8, 4) is 22.4 Å². The number of hydrogen-bond acceptors (Lipinski definition) is 4. The van der Waals surface area contributed by atoms with E-state index in [4.69, 9.17) is 9.97 Å². The maximum atomic E-state index is 4.90. The van der Waals surface area contributed by atoms with Crippen LogP contribution in [0, 0.1) is 20.8 Å². The fourth-order valence-corrected chi connectivity index (χ4v) is 4.61. The lowest BCUT2D eigenvalue weighted by atomic mass is 9.97. The van der Waals surface area contributed by atoms with Crippen molar-refractivity contribution in [1.82, 2.24) is 19.9 Å². The third-order valence-corrected chi connectivity index (χ3v) is 6.36. The van der Waals surface area contributed by atoms with Crippen molar-refractivity contribution in [1.29, 1.82) is 0 Å². The van der Waals surface area contributed by atoms with Crippen molar-refractivity contribution in [3.05, 3.63) is 96.1 Å². The van der Waals surface area contributed by atoms with Crippen LogP contribution in [0.2, 0.25) is 0 Å². The molecule has 0 unspecified atom stereocenters. The van der Waals surface area contributed by atoms with Crippen molar-refractivity contribution in [2.24, 2.45) is 0 Å². The predicted molar refractivity (Wildman–Crippen MR) is 135 cm³/mol. The van der Waals surface area contributed by atoms with Crippen LogP contribution in [0.4, 0.5) is 0 Å².